The van der Waals surface area contributed by atoms with Gasteiger partial charge in [-0.1, -0.05) is 38.5 Å². The van der Waals surface area contributed by atoms with Gasteiger partial charge >= 0.3 is 17.1 Å². The molecule has 1 rings (SSSR count). The van der Waals surface area contributed by atoms with Crippen molar-refractivity contribution in [3.63, 3.8) is 0 Å². The highest BCUT2D eigenvalue weighted by Crippen LogP contribution is 2.02. The van der Waals surface area contributed by atoms with Crippen molar-refractivity contribution in [2.24, 2.45) is 17.2 Å². The molecule has 6 N–H and O–H groups in total. The molecule has 0 amide bonds. The molecule has 9 heteroatoms. The van der Waals surface area contributed by atoms with Crippen molar-refractivity contribution in [1.29, 1.82) is 0 Å². The standard InChI is InChI=1S/C21H42N6O3/c22-13-7-1-4-10-16-25-19(28)26(17-11-5-2-8-14-23)21(30)27(20(25)29)18-12-6-3-9-15-24/h1-18,22-24H2. The molecule has 0 bridgehead atoms. The summed E-state index contributed by atoms with van der Waals surface area (Å²) in [5.41, 5.74) is 15.1. The van der Waals surface area contributed by atoms with Crippen LogP contribution in [0, 0.1) is 0 Å². The molecule has 174 valence electrons. The van der Waals surface area contributed by atoms with Crippen LogP contribution < -0.4 is 34.3 Å². The van der Waals surface area contributed by atoms with Crippen molar-refractivity contribution in [3.8, 4) is 0 Å². The van der Waals surface area contributed by atoms with E-state index in [1.165, 1.54) is 13.7 Å². The Labute approximate surface area is 179 Å². The minimum absolute atomic E-state index is 0.336. The Bertz CT molecular complexity index is 622. The zero-order chi connectivity index (χ0) is 22.2. The number of unbranched alkanes of at least 4 members (excludes halogenated alkanes) is 9. The molecular weight excluding hydrogens is 384 g/mol. The molecular formula is C21H42N6O3. The normalized spacial score (nSPS) is 11.3. The number of nitrogens with zero attached hydrogens (tertiary/aromatic N) is 3. The van der Waals surface area contributed by atoms with Crippen LogP contribution in [0.3, 0.4) is 0 Å². The lowest BCUT2D eigenvalue weighted by atomic mass is 10.2. The van der Waals surface area contributed by atoms with Gasteiger partial charge in [-0.2, -0.15) is 0 Å². The molecule has 0 aromatic carbocycles. The molecule has 0 aliphatic rings. The molecule has 0 fully saturated rings. The van der Waals surface area contributed by atoms with Gasteiger partial charge in [-0.3, -0.25) is 0 Å². The van der Waals surface area contributed by atoms with Crippen LogP contribution in [-0.4, -0.2) is 33.3 Å². The second kappa shape index (κ2) is 16.0. The largest absolute Gasteiger partial charge is 0.336 e. The van der Waals surface area contributed by atoms with Crippen LogP contribution in [-0.2, 0) is 19.6 Å². The first-order chi connectivity index (χ1) is 14.6. The van der Waals surface area contributed by atoms with Gasteiger partial charge in [0.15, 0.2) is 0 Å². The Hall–Kier alpha value is -1.71. The summed E-state index contributed by atoms with van der Waals surface area (Å²) in [7, 11) is 0. The smallest absolute Gasteiger partial charge is 0.330 e. The van der Waals surface area contributed by atoms with Crippen LogP contribution in [0.4, 0.5) is 0 Å². The number of nitrogens with two attached hydrogens (primary N) is 3. The van der Waals surface area contributed by atoms with Gasteiger partial charge in [0.25, 0.3) is 0 Å². The average molecular weight is 427 g/mol. The van der Waals surface area contributed by atoms with E-state index in [1.54, 1.807) is 0 Å². The molecule has 0 aliphatic carbocycles. The van der Waals surface area contributed by atoms with Crippen molar-refractivity contribution in [1.82, 2.24) is 13.7 Å². The highest BCUT2D eigenvalue weighted by atomic mass is 16.2. The average Bonchev–Trinajstić information content (AvgIpc) is 2.74. The van der Waals surface area contributed by atoms with E-state index in [4.69, 9.17) is 17.2 Å². The van der Waals surface area contributed by atoms with Gasteiger partial charge in [-0.25, -0.2) is 28.1 Å². The second-order valence-corrected chi connectivity index (χ2v) is 7.91. The number of aromatic nitrogens is 3. The minimum Gasteiger partial charge on any atom is -0.330 e. The number of hydrogen-bond acceptors (Lipinski definition) is 6. The van der Waals surface area contributed by atoms with Gasteiger partial charge in [-0.15, -0.1) is 0 Å². The van der Waals surface area contributed by atoms with E-state index in [-0.39, 0.29) is 0 Å². The molecule has 0 saturated carbocycles. The van der Waals surface area contributed by atoms with Crippen LogP contribution in [0.2, 0.25) is 0 Å². The number of hydrogen-bond donors (Lipinski definition) is 3. The molecule has 0 radical (unpaired) electrons. The third-order valence-electron chi connectivity index (χ3n) is 5.39. The zero-order valence-corrected chi connectivity index (χ0v) is 18.5. The van der Waals surface area contributed by atoms with E-state index in [0.717, 1.165) is 77.0 Å². The first-order valence-corrected chi connectivity index (χ1v) is 11.6. The number of rotatable bonds is 18. The van der Waals surface area contributed by atoms with Crippen LogP contribution in [0.5, 0.6) is 0 Å². The van der Waals surface area contributed by atoms with Crippen molar-refractivity contribution in [2.75, 3.05) is 19.6 Å². The maximum atomic E-state index is 12.9. The molecule has 0 atom stereocenters. The van der Waals surface area contributed by atoms with Crippen molar-refractivity contribution >= 4 is 0 Å². The van der Waals surface area contributed by atoms with Crippen LogP contribution in [0.15, 0.2) is 14.4 Å². The summed E-state index contributed by atoms with van der Waals surface area (Å²) in [4.78, 5) is 38.6. The Kier molecular flexibility index (Phi) is 14.1. The first kappa shape index (κ1) is 26.3. The van der Waals surface area contributed by atoms with E-state index >= 15 is 0 Å². The minimum atomic E-state index is -0.484. The van der Waals surface area contributed by atoms with Gasteiger partial charge in [0.2, 0.25) is 0 Å². The van der Waals surface area contributed by atoms with E-state index in [0.29, 0.717) is 39.3 Å². The lowest BCUT2D eigenvalue weighted by Crippen LogP contribution is -2.54. The Morgan fingerprint density at radius 1 is 0.400 bits per heavy atom. The predicted molar refractivity (Wildman–Crippen MR) is 122 cm³/mol. The molecule has 9 nitrogen and oxygen atoms in total. The molecule has 0 spiro atoms. The monoisotopic (exact) mass is 426 g/mol. The van der Waals surface area contributed by atoms with Gasteiger partial charge in [0.05, 0.1) is 0 Å². The van der Waals surface area contributed by atoms with Crippen LogP contribution in [0.1, 0.15) is 77.0 Å². The van der Waals surface area contributed by atoms with Gasteiger partial charge in [0, 0.05) is 19.6 Å². The topological polar surface area (TPSA) is 144 Å². The summed E-state index contributed by atoms with van der Waals surface area (Å²) in [6.07, 6.45) is 10.6. The van der Waals surface area contributed by atoms with E-state index < -0.39 is 17.1 Å². The van der Waals surface area contributed by atoms with Crippen molar-refractivity contribution in [2.45, 2.75) is 96.7 Å². The zero-order valence-electron chi connectivity index (χ0n) is 18.5. The third kappa shape index (κ3) is 8.97. The fourth-order valence-corrected chi connectivity index (χ4v) is 3.56. The molecule has 0 unspecified atom stereocenters. The Balaban J connectivity index is 2.98. The molecule has 30 heavy (non-hydrogen) atoms. The van der Waals surface area contributed by atoms with Crippen LogP contribution >= 0.6 is 0 Å². The third-order valence-corrected chi connectivity index (χ3v) is 5.39. The lowest BCUT2D eigenvalue weighted by molar-refractivity contribution is 0.413. The summed E-state index contributed by atoms with van der Waals surface area (Å²) in [6, 6.07) is 0. The molecule has 1 heterocycles. The van der Waals surface area contributed by atoms with Gasteiger partial charge < -0.3 is 17.2 Å². The highest BCUT2D eigenvalue weighted by molar-refractivity contribution is 4.79. The molecule has 1 aromatic rings. The summed E-state index contributed by atoms with van der Waals surface area (Å²) in [6.45, 7) is 2.94. The quantitative estimate of drug-likeness (QED) is 0.295. The first-order valence-electron chi connectivity index (χ1n) is 11.6. The molecule has 1 aromatic heterocycles. The van der Waals surface area contributed by atoms with E-state index in [1.807, 2.05) is 0 Å². The molecule has 0 saturated heterocycles. The maximum absolute atomic E-state index is 12.9. The second-order valence-electron chi connectivity index (χ2n) is 7.91. The van der Waals surface area contributed by atoms with E-state index in [2.05, 4.69) is 0 Å². The Morgan fingerprint density at radius 2 is 0.633 bits per heavy atom. The summed E-state index contributed by atoms with van der Waals surface area (Å²) in [5.74, 6) is 0. The summed E-state index contributed by atoms with van der Waals surface area (Å²) in [5, 5.41) is 0. The maximum Gasteiger partial charge on any atom is 0.336 e. The van der Waals surface area contributed by atoms with Crippen molar-refractivity contribution < 1.29 is 0 Å². The summed E-state index contributed by atoms with van der Waals surface area (Å²) < 4.78 is 3.72. The summed E-state index contributed by atoms with van der Waals surface area (Å²) >= 11 is 0. The van der Waals surface area contributed by atoms with Gasteiger partial charge in [0.1, 0.15) is 0 Å². The molecule has 0 aliphatic heterocycles. The highest BCUT2D eigenvalue weighted by Gasteiger charge is 2.15. The fraction of sp³-hybridized carbons (Fsp3) is 0.857. The van der Waals surface area contributed by atoms with Crippen molar-refractivity contribution in [3.05, 3.63) is 31.5 Å². The Morgan fingerprint density at radius 3 is 0.867 bits per heavy atom. The SMILES string of the molecule is NCCCCCCn1c(=O)n(CCCCCCN)c(=O)n(CCCCCCN)c1=O. The predicted octanol–water partition coefficient (Wildman–Crippen LogP) is 0.729. The van der Waals surface area contributed by atoms with Crippen LogP contribution in [0.25, 0.3) is 0 Å². The van der Waals surface area contributed by atoms with E-state index in [9.17, 15) is 14.4 Å². The lowest BCUT2D eigenvalue weighted by Gasteiger charge is -2.14. The fourth-order valence-electron chi connectivity index (χ4n) is 3.56. The van der Waals surface area contributed by atoms with Gasteiger partial charge in [-0.05, 0) is 58.2 Å².